The summed E-state index contributed by atoms with van der Waals surface area (Å²) in [4.78, 5) is 34.3. The molecule has 2 aliphatic rings. The predicted octanol–water partition coefficient (Wildman–Crippen LogP) is 4.58. The lowest BCUT2D eigenvalue weighted by atomic mass is 9.80. The molecule has 2 aromatic carbocycles. The highest BCUT2D eigenvalue weighted by atomic mass is 79.9. The molecular weight excluding hydrogens is 442 g/mol. The van der Waals surface area contributed by atoms with Gasteiger partial charge in [0.25, 0.3) is 5.91 Å². The first kappa shape index (κ1) is 19.4. The maximum atomic E-state index is 14.2. The Morgan fingerprint density at radius 2 is 2.00 bits per heavy atom. The fourth-order valence-corrected chi connectivity index (χ4v) is 5.55. The molecule has 3 aromatic rings. The Hall–Kier alpha value is -2.60. The number of benzene rings is 2. The minimum Gasteiger partial charge on any atom is -0.355 e. The van der Waals surface area contributed by atoms with Gasteiger partial charge in [0, 0.05) is 41.0 Å². The van der Waals surface area contributed by atoms with E-state index >= 15 is 0 Å². The topological polar surface area (TPSA) is 56.4 Å². The van der Waals surface area contributed by atoms with Crippen LogP contribution in [0.2, 0.25) is 0 Å². The van der Waals surface area contributed by atoms with Crippen molar-refractivity contribution in [3.8, 4) is 0 Å². The minimum atomic E-state index is -1.16. The zero-order chi connectivity index (χ0) is 21.2. The molecule has 0 bridgehead atoms. The number of hydrogen-bond acceptors (Lipinski definition) is 2. The van der Waals surface area contributed by atoms with Crippen LogP contribution in [0.4, 0.5) is 5.69 Å². The van der Waals surface area contributed by atoms with E-state index in [1.165, 1.54) is 0 Å². The Morgan fingerprint density at radius 1 is 1.23 bits per heavy atom. The monoisotopic (exact) mass is 465 g/mol. The van der Waals surface area contributed by atoms with E-state index in [1.807, 2.05) is 41.3 Å². The number of halogens is 1. The van der Waals surface area contributed by atoms with Gasteiger partial charge in [-0.15, -0.1) is 0 Å². The molecule has 30 heavy (non-hydrogen) atoms. The molecule has 154 valence electrons. The molecule has 0 radical (unpaired) electrons. The molecule has 1 N–H and O–H groups in total. The highest BCUT2D eigenvalue weighted by Crippen LogP contribution is 2.52. The molecule has 1 atom stereocenters. The Bertz CT molecular complexity index is 1200. The first-order valence-electron chi connectivity index (χ1n) is 10.4. The van der Waals surface area contributed by atoms with Crippen LogP contribution in [0.1, 0.15) is 37.6 Å². The number of anilines is 1. The van der Waals surface area contributed by atoms with Crippen LogP contribution in [0.3, 0.4) is 0 Å². The van der Waals surface area contributed by atoms with Crippen LogP contribution in [0.5, 0.6) is 0 Å². The molecule has 2 aliphatic heterocycles. The largest absolute Gasteiger partial charge is 0.355 e. The average Bonchev–Trinajstić information content (AvgIpc) is 3.18. The molecule has 3 heterocycles. The minimum absolute atomic E-state index is 0.0491. The van der Waals surface area contributed by atoms with Crippen molar-refractivity contribution in [1.82, 2.24) is 9.88 Å². The van der Waals surface area contributed by atoms with Crippen molar-refractivity contribution in [2.24, 2.45) is 5.92 Å². The number of rotatable bonds is 2. The van der Waals surface area contributed by atoms with Gasteiger partial charge in [-0.05, 0) is 42.2 Å². The van der Waals surface area contributed by atoms with Gasteiger partial charge in [-0.3, -0.25) is 9.59 Å². The third kappa shape index (κ3) is 2.46. The van der Waals surface area contributed by atoms with Crippen LogP contribution in [0.15, 0.2) is 46.9 Å². The van der Waals surface area contributed by atoms with Gasteiger partial charge in [0.2, 0.25) is 5.91 Å². The number of aromatic nitrogens is 1. The number of nitrogens with zero attached hydrogens (tertiary/aromatic N) is 2. The summed E-state index contributed by atoms with van der Waals surface area (Å²) in [6, 6.07) is 14.1. The van der Waals surface area contributed by atoms with E-state index in [0.717, 1.165) is 44.3 Å². The van der Waals surface area contributed by atoms with E-state index in [4.69, 9.17) is 0 Å². The standard InChI is InChI=1S/C24H24BrN3O2/c1-14(2)13-27-21-9-8-16(25)12-19(21)24(23(27)30)22-18(10-11-28(24)15(3)29)17-6-4-5-7-20(17)26-22/h4-9,12,14,26H,10-11,13H2,1-3H3/t24-/m0/s1. The Kier molecular flexibility index (Phi) is 4.33. The van der Waals surface area contributed by atoms with Crippen molar-refractivity contribution in [3.05, 3.63) is 63.8 Å². The fourth-order valence-electron chi connectivity index (χ4n) is 5.19. The summed E-state index contributed by atoms with van der Waals surface area (Å²) in [5.74, 6) is 0.161. The fraction of sp³-hybridized carbons (Fsp3) is 0.333. The molecule has 0 saturated heterocycles. The summed E-state index contributed by atoms with van der Waals surface area (Å²) in [6.45, 7) is 6.89. The summed E-state index contributed by atoms with van der Waals surface area (Å²) in [5.41, 5.74) is 3.56. The van der Waals surface area contributed by atoms with Crippen LogP contribution in [-0.2, 0) is 21.5 Å². The van der Waals surface area contributed by atoms with Crippen molar-refractivity contribution >= 4 is 44.3 Å². The molecule has 5 nitrogen and oxygen atoms in total. The smallest absolute Gasteiger partial charge is 0.264 e. The van der Waals surface area contributed by atoms with E-state index in [0.29, 0.717) is 19.0 Å². The second kappa shape index (κ2) is 6.71. The summed E-state index contributed by atoms with van der Waals surface area (Å²) >= 11 is 3.59. The zero-order valence-corrected chi connectivity index (χ0v) is 18.9. The van der Waals surface area contributed by atoms with Gasteiger partial charge in [0.05, 0.1) is 11.4 Å². The number of nitrogens with one attached hydrogen (secondary N) is 1. The van der Waals surface area contributed by atoms with Gasteiger partial charge in [0.1, 0.15) is 0 Å². The van der Waals surface area contributed by atoms with Crippen LogP contribution < -0.4 is 4.90 Å². The van der Waals surface area contributed by atoms with Gasteiger partial charge in [-0.1, -0.05) is 48.0 Å². The van der Waals surface area contributed by atoms with Gasteiger partial charge in [0.15, 0.2) is 5.54 Å². The first-order chi connectivity index (χ1) is 14.4. The van der Waals surface area contributed by atoms with Crippen molar-refractivity contribution < 1.29 is 9.59 Å². The lowest BCUT2D eigenvalue weighted by Gasteiger charge is -2.43. The van der Waals surface area contributed by atoms with Crippen molar-refractivity contribution in [2.45, 2.75) is 32.7 Å². The van der Waals surface area contributed by atoms with E-state index in [2.05, 4.69) is 40.8 Å². The first-order valence-corrected chi connectivity index (χ1v) is 11.1. The van der Waals surface area contributed by atoms with E-state index in [-0.39, 0.29) is 11.8 Å². The number of aromatic amines is 1. The Balaban J connectivity index is 1.88. The molecule has 2 amide bonds. The van der Waals surface area contributed by atoms with Gasteiger partial charge in [-0.25, -0.2) is 0 Å². The van der Waals surface area contributed by atoms with Crippen LogP contribution in [0, 0.1) is 5.92 Å². The predicted molar refractivity (Wildman–Crippen MR) is 122 cm³/mol. The average molecular weight is 466 g/mol. The number of fused-ring (bicyclic) bond motifs is 6. The molecule has 0 saturated carbocycles. The third-order valence-corrected chi connectivity index (χ3v) is 6.78. The highest BCUT2D eigenvalue weighted by molar-refractivity contribution is 9.10. The number of amides is 2. The Labute approximate surface area is 184 Å². The lowest BCUT2D eigenvalue weighted by molar-refractivity contribution is -0.143. The molecule has 1 spiro atoms. The maximum Gasteiger partial charge on any atom is 0.264 e. The van der Waals surface area contributed by atoms with E-state index < -0.39 is 5.54 Å². The number of carbonyl (C=O) groups is 2. The molecule has 0 aliphatic carbocycles. The van der Waals surface area contributed by atoms with Crippen molar-refractivity contribution in [2.75, 3.05) is 18.0 Å². The van der Waals surface area contributed by atoms with Gasteiger partial charge in [-0.2, -0.15) is 0 Å². The summed E-state index contributed by atoms with van der Waals surface area (Å²) in [5, 5.41) is 1.13. The number of H-pyrrole nitrogens is 1. The molecular formula is C24H24BrN3O2. The highest BCUT2D eigenvalue weighted by Gasteiger charge is 2.60. The summed E-state index contributed by atoms with van der Waals surface area (Å²) in [7, 11) is 0. The molecule has 6 heteroatoms. The normalized spacial score (nSPS) is 20.4. The van der Waals surface area contributed by atoms with Crippen LogP contribution in [0.25, 0.3) is 10.9 Å². The number of para-hydroxylation sites is 1. The van der Waals surface area contributed by atoms with Crippen molar-refractivity contribution in [1.29, 1.82) is 0 Å². The van der Waals surface area contributed by atoms with Gasteiger partial charge < -0.3 is 14.8 Å². The quantitative estimate of drug-likeness (QED) is 0.601. The molecule has 5 rings (SSSR count). The van der Waals surface area contributed by atoms with Crippen LogP contribution in [-0.4, -0.2) is 34.8 Å². The third-order valence-electron chi connectivity index (χ3n) is 6.29. The molecule has 0 unspecified atom stereocenters. The lowest BCUT2D eigenvalue weighted by Crippen LogP contribution is -2.59. The molecule has 1 aromatic heterocycles. The second-order valence-electron chi connectivity index (χ2n) is 8.63. The van der Waals surface area contributed by atoms with Gasteiger partial charge >= 0.3 is 0 Å². The van der Waals surface area contributed by atoms with Crippen molar-refractivity contribution in [3.63, 3.8) is 0 Å². The van der Waals surface area contributed by atoms with Crippen LogP contribution >= 0.6 is 15.9 Å². The summed E-state index contributed by atoms with van der Waals surface area (Å²) < 4.78 is 0.895. The maximum absolute atomic E-state index is 14.2. The number of hydrogen-bond donors (Lipinski definition) is 1. The molecule has 0 fully saturated rings. The second-order valence-corrected chi connectivity index (χ2v) is 9.54. The summed E-state index contributed by atoms with van der Waals surface area (Å²) in [6.07, 6.45) is 0.724. The Morgan fingerprint density at radius 3 is 2.73 bits per heavy atom. The SMILES string of the molecule is CC(=O)N1CCc2c([nH]c3ccccc23)[C@@]12C(=O)N(CC(C)C)c1ccc(Br)cc12. The zero-order valence-electron chi connectivity index (χ0n) is 17.3. The van der Waals surface area contributed by atoms with E-state index in [9.17, 15) is 9.59 Å². The van der Waals surface area contributed by atoms with E-state index in [1.54, 1.807) is 11.8 Å². The number of carbonyl (C=O) groups excluding carboxylic acids is 2.